The molecule has 0 aliphatic rings. The number of amides is 1. The molecule has 0 saturated carbocycles. The predicted molar refractivity (Wildman–Crippen MR) is 109 cm³/mol. The Morgan fingerprint density at radius 2 is 1.93 bits per heavy atom. The van der Waals surface area contributed by atoms with E-state index in [0.717, 1.165) is 15.4 Å². The normalized spacial score (nSPS) is 10.8. The summed E-state index contributed by atoms with van der Waals surface area (Å²) in [6, 6.07) is 12.6. The molecule has 0 saturated heterocycles. The molecule has 4 rings (SSSR count). The second kappa shape index (κ2) is 8.13. The van der Waals surface area contributed by atoms with Gasteiger partial charge in [-0.25, -0.2) is 9.48 Å². The highest BCUT2D eigenvalue weighted by Crippen LogP contribution is 2.12. The van der Waals surface area contributed by atoms with Crippen molar-refractivity contribution in [3.63, 3.8) is 0 Å². The largest absolute Gasteiger partial charge is 0.369 e. The van der Waals surface area contributed by atoms with Crippen LogP contribution in [-0.4, -0.2) is 35.5 Å². The lowest BCUT2D eigenvalue weighted by Gasteiger charge is -2.08. The third kappa shape index (κ3) is 4.17. The number of benzene rings is 1. The van der Waals surface area contributed by atoms with Crippen molar-refractivity contribution < 1.29 is 4.79 Å². The molecule has 0 bridgehead atoms. The van der Waals surface area contributed by atoms with Gasteiger partial charge in [0, 0.05) is 17.8 Å². The number of nitrogens with zero attached hydrogens (tertiary/aromatic N) is 5. The van der Waals surface area contributed by atoms with Gasteiger partial charge in [-0.15, -0.1) is 11.3 Å². The van der Waals surface area contributed by atoms with Gasteiger partial charge in [-0.1, -0.05) is 12.1 Å². The molecule has 30 heavy (non-hydrogen) atoms. The Hall–Kier alpha value is -4.06. The van der Waals surface area contributed by atoms with Gasteiger partial charge >= 0.3 is 5.69 Å². The summed E-state index contributed by atoms with van der Waals surface area (Å²) in [5.41, 5.74) is -0.0915. The number of H-pyrrole nitrogens is 1. The molecule has 11 nitrogen and oxygen atoms in total. The molecule has 1 aromatic carbocycles. The third-order valence-electron chi connectivity index (χ3n) is 4.09. The Morgan fingerprint density at radius 1 is 1.07 bits per heavy atom. The minimum Gasteiger partial charge on any atom is -0.324 e. The highest BCUT2D eigenvalue weighted by Gasteiger charge is 2.13. The molecule has 0 aliphatic heterocycles. The first kappa shape index (κ1) is 19.3. The second-order valence-corrected chi connectivity index (χ2v) is 7.19. The number of nitrogens with one attached hydrogen (secondary N) is 2. The Bertz CT molecular complexity index is 1360. The molecule has 152 valence electrons. The van der Waals surface area contributed by atoms with Gasteiger partial charge in [0.2, 0.25) is 5.91 Å². The van der Waals surface area contributed by atoms with Crippen molar-refractivity contribution in [3.8, 4) is 5.00 Å². The summed E-state index contributed by atoms with van der Waals surface area (Å²) in [5, 5.41) is 15.1. The van der Waals surface area contributed by atoms with Crippen molar-refractivity contribution >= 4 is 22.9 Å². The SMILES string of the molecule is O=C(Cn1nnn(-c2cccs2)c1=O)Nc1cccc(Cn2[nH]c(=O)ccc2=O)c1. The van der Waals surface area contributed by atoms with E-state index in [-0.39, 0.29) is 24.2 Å². The first-order valence-corrected chi connectivity index (χ1v) is 9.63. The lowest BCUT2D eigenvalue weighted by Crippen LogP contribution is -2.29. The third-order valence-corrected chi connectivity index (χ3v) is 4.93. The number of tetrazole rings is 1. The van der Waals surface area contributed by atoms with Gasteiger partial charge in [0.15, 0.2) is 0 Å². The molecule has 0 fully saturated rings. The molecule has 0 aliphatic carbocycles. The Morgan fingerprint density at radius 3 is 2.73 bits per heavy atom. The molecule has 0 radical (unpaired) electrons. The zero-order chi connectivity index (χ0) is 21.1. The van der Waals surface area contributed by atoms with Gasteiger partial charge in [0.1, 0.15) is 11.5 Å². The zero-order valence-corrected chi connectivity index (χ0v) is 16.2. The van der Waals surface area contributed by atoms with Gasteiger partial charge in [-0.2, -0.15) is 9.36 Å². The summed E-state index contributed by atoms with van der Waals surface area (Å²) in [5.74, 6) is -0.460. The fourth-order valence-electron chi connectivity index (χ4n) is 2.75. The van der Waals surface area contributed by atoms with E-state index in [4.69, 9.17) is 0 Å². The van der Waals surface area contributed by atoms with E-state index in [1.165, 1.54) is 22.1 Å². The van der Waals surface area contributed by atoms with Crippen molar-refractivity contribution in [2.75, 3.05) is 5.32 Å². The van der Waals surface area contributed by atoms with Crippen molar-refractivity contribution in [1.82, 2.24) is 29.6 Å². The zero-order valence-electron chi connectivity index (χ0n) is 15.4. The van der Waals surface area contributed by atoms with E-state index < -0.39 is 11.6 Å². The Labute approximate surface area is 171 Å². The van der Waals surface area contributed by atoms with Crippen LogP contribution in [0.25, 0.3) is 5.00 Å². The molecular formula is C18H15N7O4S. The van der Waals surface area contributed by atoms with E-state index in [9.17, 15) is 19.2 Å². The summed E-state index contributed by atoms with van der Waals surface area (Å²) in [6.07, 6.45) is 0. The summed E-state index contributed by atoms with van der Waals surface area (Å²) >= 11 is 1.33. The molecule has 3 heterocycles. The summed E-state index contributed by atoms with van der Waals surface area (Å²) in [7, 11) is 0. The molecule has 0 atom stereocenters. The maximum Gasteiger partial charge on any atom is 0.369 e. The lowest BCUT2D eigenvalue weighted by molar-refractivity contribution is -0.117. The number of aromatic nitrogens is 6. The smallest absolute Gasteiger partial charge is 0.324 e. The lowest BCUT2D eigenvalue weighted by atomic mass is 10.2. The second-order valence-electron chi connectivity index (χ2n) is 6.26. The van der Waals surface area contributed by atoms with Gasteiger partial charge in [-0.3, -0.25) is 19.5 Å². The highest BCUT2D eigenvalue weighted by molar-refractivity contribution is 7.12. The molecule has 0 spiro atoms. The van der Waals surface area contributed by atoms with E-state index >= 15 is 0 Å². The number of aromatic amines is 1. The maximum absolute atomic E-state index is 12.4. The minimum absolute atomic E-state index is 0.132. The van der Waals surface area contributed by atoms with Gasteiger partial charge in [0.25, 0.3) is 11.1 Å². The predicted octanol–water partition coefficient (Wildman–Crippen LogP) is 0.0275. The van der Waals surface area contributed by atoms with Crippen LogP contribution in [0, 0.1) is 0 Å². The number of hydrogen-bond acceptors (Lipinski definition) is 7. The first-order valence-electron chi connectivity index (χ1n) is 8.75. The molecule has 0 unspecified atom stereocenters. The molecule has 4 aromatic rings. The summed E-state index contributed by atoms with van der Waals surface area (Å²) in [6.45, 7) is -0.173. The highest BCUT2D eigenvalue weighted by atomic mass is 32.1. The van der Waals surface area contributed by atoms with Crippen LogP contribution in [0.5, 0.6) is 0 Å². The van der Waals surface area contributed by atoms with Gasteiger partial charge in [-0.05, 0) is 45.6 Å². The quantitative estimate of drug-likeness (QED) is 0.447. The van der Waals surface area contributed by atoms with Crippen LogP contribution in [0.1, 0.15) is 5.56 Å². The number of anilines is 1. The summed E-state index contributed by atoms with van der Waals surface area (Å²) in [4.78, 5) is 47.9. The van der Waals surface area contributed by atoms with Crippen LogP contribution < -0.4 is 22.1 Å². The molecule has 2 N–H and O–H groups in total. The molecule has 3 aromatic heterocycles. The van der Waals surface area contributed by atoms with Crippen molar-refractivity contribution in [1.29, 1.82) is 0 Å². The van der Waals surface area contributed by atoms with Gasteiger partial charge < -0.3 is 5.32 Å². The van der Waals surface area contributed by atoms with Crippen LogP contribution in [0.4, 0.5) is 5.69 Å². The number of carbonyl (C=O) groups excluding carboxylic acids is 1. The standard InChI is InChI=1S/C18H15N7O4S/c26-14-6-7-16(28)23(20-14)10-12-3-1-4-13(9-12)19-15(27)11-24-18(29)25(22-21-24)17-5-2-8-30-17/h1-9H,10-11H2,(H,19,27)(H,20,26). The number of rotatable bonds is 6. The van der Waals surface area contributed by atoms with Crippen LogP contribution in [0.3, 0.4) is 0 Å². The average Bonchev–Trinajstić information content (AvgIpc) is 3.35. The van der Waals surface area contributed by atoms with E-state index in [1.807, 2.05) is 0 Å². The fraction of sp³-hybridized carbons (Fsp3) is 0.111. The minimum atomic E-state index is -0.520. The topological polar surface area (TPSA) is 137 Å². The molecule has 12 heteroatoms. The van der Waals surface area contributed by atoms with Crippen molar-refractivity contribution in [3.05, 3.63) is 90.7 Å². The fourth-order valence-corrected chi connectivity index (χ4v) is 3.42. The first-order chi connectivity index (χ1) is 14.5. The van der Waals surface area contributed by atoms with Crippen LogP contribution in [0.2, 0.25) is 0 Å². The van der Waals surface area contributed by atoms with E-state index in [0.29, 0.717) is 16.3 Å². The van der Waals surface area contributed by atoms with Crippen LogP contribution in [0.15, 0.2) is 68.3 Å². The number of hydrogen-bond donors (Lipinski definition) is 2. The van der Waals surface area contributed by atoms with Crippen molar-refractivity contribution in [2.45, 2.75) is 13.1 Å². The monoisotopic (exact) mass is 425 g/mol. The average molecular weight is 425 g/mol. The maximum atomic E-state index is 12.4. The number of thiophene rings is 1. The Balaban J connectivity index is 1.46. The van der Waals surface area contributed by atoms with Crippen molar-refractivity contribution in [2.24, 2.45) is 0 Å². The number of carbonyl (C=O) groups is 1. The van der Waals surface area contributed by atoms with Gasteiger partial charge in [0.05, 0.1) is 6.54 Å². The van der Waals surface area contributed by atoms with Crippen LogP contribution in [-0.2, 0) is 17.9 Å². The van der Waals surface area contributed by atoms with E-state index in [1.54, 1.807) is 41.8 Å². The van der Waals surface area contributed by atoms with E-state index in [2.05, 4.69) is 20.8 Å². The van der Waals surface area contributed by atoms with Crippen LogP contribution >= 0.6 is 11.3 Å². The molecule has 1 amide bonds. The summed E-state index contributed by atoms with van der Waals surface area (Å²) < 4.78 is 3.26. The Kier molecular flexibility index (Phi) is 5.22. The molecular weight excluding hydrogens is 410 g/mol.